The normalized spacial score (nSPS) is 12.8. The van der Waals surface area contributed by atoms with Gasteiger partial charge >= 0.3 is 5.76 Å². The van der Waals surface area contributed by atoms with Crippen LogP contribution in [0.1, 0.15) is 5.56 Å². The van der Waals surface area contributed by atoms with Crippen molar-refractivity contribution in [3.8, 4) is 17.2 Å². The maximum Gasteiger partial charge on any atom is 0.419 e. The molecule has 3 N–H and O–H groups in total. The fourth-order valence-corrected chi connectivity index (χ4v) is 3.92. The Morgan fingerprint density at radius 3 is 2.54 bits per heavy atom. The predicted octanol–water partition coefficient (Wildman–Crippen LogP) is 1.11. The molecule has 1 atom stereocenters. The standard InChI is InChI=1S/C19H20N4O4S/c1-23-17-11-15(6-7-18(17)27-19(23)24)14-4-2-13(3-5-14)10-16(12-21)22-28(25,26)9-8-20/h2-7,11,16,22H,8-10,20H2,1H3. The lowest BCUT2D eigenvalue weighted by atomic mass is 10.0. The Morgan fingerprint density at radius 1 is 1.21 bits per heavy atom. The number of aromatic nitrogens is 1. The average molecular weight is 400 g/mol. The average Bonchev–Trinajstić information content (AvgIpc) is 2.95. The number of nitrogens with two attached hydrogens (primary N) is 1. The van der Waals surface area contributed by atoms with Crippen LogP contribution in [-0.4, -0.2) is 31.3 Å². The molecule has 0 saturated carbocycles. The number of hydrogen-bond acceptors (Lipinski definition) is 6. The molecule has 28 heavy (non-hydrogen) atoms. The van der Waals surface area contributed by atoms with Crippen LogP contribution in [0.3, 0.4) is 0 Å². The van der Waals surface area contributed by atoms with Crippen molar-refractivity contribution in [2.45, 2.75) is 12.5 Å². The largest absolute Gasteiger partial charge is 0.419 e. The number of nitrogens with zero attached hydrogens (tertiary/aromatic N) is 2. The third-order valence-electron chi connectivity index (χ3n) is 4.38. The van der Waals surface area contributed by atoms with Gasteiger partial charge in [-0.05, 0) is 28.8 Å². The van der Waals surface area contributed by atoms with Crippen LogP contribution in [0.2, 0.25) is 0 Å². The summed E-state index contributed by atoms with van der Waals surface area (Å²) in [5, 5.41) is 9.24. The number of nitriles is 1. The third-order valence-corrected chi connectivity index (χ3v) is 5.80. The third kappa shape index (κ3) is 4.31. The Hall–Kier alpha value is -2.93. The maximum absolute atomic E-state index is 11.8. The van der Waals surface area contributed by atoms with E-state index in [0.29, 0.717) is 11.1 Å². The zero-order chi connectivity index (χ0) is 20.3. The molecule has 0 bridgehead atoms. The van der Waals surface area contributed by atoms with Crippen LogP contribution in [-0.2, 0) is 23.5 Å². The Balaban J connectivity index is 1.79. The highest BCUT2D eigenvalue weighted by molar-refractivity contribution is 7.89. The van der Waals surface area contributed by atoms with E-state index in [1.54, 1.807) is 13.1 Å². The highest BCUT2D eigenvalue weighted by Gasteiger charge is 2.17. The van der Waals surface area contributed by atoms with Crippen molar-refractivity contribution in [3.05, 3.63) is 58.6 Å². The summed E-state index contributed by atoms with van der Waals surface area (Å²) in [5.74, 6) is -0.634. The highest BCUT2D eigenvalue weighted by Crippen LogP contribution is 2.24. The van der Waals surface area contributed by atoms with Crippen molar-refractivity contribution >= 4 is 21.1 Å². The van der Waals surface area contributed by atoms with Crippen LogP contribution in [0.15, 0.2) is 51.7 Å². The topological polar surface area (TPSA) is 131 Å². The van der Waals surface area contributed by atoms with Crippen molar-refractivity contribution in [1.29, 1.82) is 5.26 Å². The van der Waals surface area contributed by atoms with E-state index in [2.05, 4.69) is 4.72 Å². The van der Waals surface area contributed by atoms with Crippen molar-refractivity contribution in [2.24, 2.45) is 12.8 Å². The van der Waals surface area contributed by atoms with Gasteiger partial charge in [-0.3, -0.25) is 4.57 Å². The van der Waals surface area contributed by atoms with E-state index in [9.17, 15) is 18.5 Å². The van der Waals surface area contributed by atoms with Crippen LogP contribution in [0.5, 0.6) is 0 Å². The second kappa shape index (κ2) is 7.98. The SMILES string of the molecule is Cn1c(=O)oc2ccc(-c3ccc(CC(C#N)NS(=O)(=O)CCN)cc3)cc21. The summed E-state index contributed by atoms with van der Waals surface area (Å²) < 4.78 is 32.5. The van der Waals surface area contributed by atoms with E-state index in [4.69, 9.17) is 10.2 Å². The summed E-state index contributed by atoms with van der Waals surface area (Å²) in [6.45, 7) is -0.00518. The van der Waals surface area contributed by atoms with Gasteiger partial charge in [0.15, 0.2) is 5.58 Å². The molecule has 3 aromatic rings. The smallest absolute Gasteiger partial charge is 0.408 e. The summed E-state index contributed by atoms with van der Waals surface area (Å²) in [6, 6.07) is 14.0. The molecule has 0 aliphatic heterocycles. The molecular formula is C19H20N4O4S. The van der Waals surface area contributed by atoms with Gasteiger partial charge in [-0.25, -0.2) is 13.2 Å². The minimum absolute atomic E-state index is 0.00518. The number of hydrogen-bond donors (Lipinski definition) is 2. The number of fused-ring (bicyclic) bond motifs is 1. The predicted molar refractivity (Wildman–Crippen MR) is 106 cm³/mol. The van der Waals surface area contributed by atoms with Gasteiger partial charge in [0.05, 0.1) is 17.3 Å². The molecule has 1 aromatic heterocycles. The molecule has 146 valence electrons. The van der Waals surface area contributed by atoms with Crippen LogP contribution < -0.4 is 16.2 Å². The second-order valence-electron chi connectivity index (χ2n) is 6.42. The first kappa shape index (κ1) is 19.8. The molecule has 0 fully saturated rings. The lowest BCUT2D eigenvalue weighted by Gasteiger charge is -2.12. The molecule has 8 nitrogen and oxygen atoms in total. The minimum atomic E-state index is -3.57. The molecule has 3 rings (SSSR count). The van der Waals surface area contributed by atoms with Gasteiger partial charge in [0, 0.05) is 20.0 Å². The number of aryl methyl sites for hydroxylation is 1. The van der Waals surface area contributed by atoms with Crippen LogP contribution in [0.4, 0.5) is 0 Å². The molecule has 0 radical (unpaired) electrons. The molecule has 1 heterocycles. The van der Waals surface area contributed by atoms with Gasteiger partial charge in [-0.1, -0.05) is 30.3 Å². The summed E-state index contributed by atoms with van der Waals surface area (Å²) >= 11 is 0. The van der Waals surface area contributed by atoms with Crippen LogP contribution >= 0.6 is 0 Å². The zero-order valence-electron chi connectivity index (χ0n) is 15.3. The number of rotatable bonds is 7. The van der Waals surface area contributed by atoms with Gasteiger partial charge in [0.2, 0.25) is 10.0 Å². The fourth-order valence-electron chi connectivity index (χ4n) is 2.92. The van der Waals surface area contributed by atoms with E-state index in [-0.39, 0.29) is 18.7 Å². The van der Waals surface area contributed by atoms with E-state index in [0.717, 1.165) is 16.7 Å². The van der Waals surface area contributed by atoms with Crippen LogP contribution in [0, 0.1) is 11.3 Å². The first-order valence-electron chi connectivity index (χ1n) is 8.61. The number of benzene rings is 2. The molecule has 0 aliphatic rings. The van der Waals surface area contributed by atoms with Crippen molar-refractivity contribution in [2.75, 3.05) is 12.3 Å². The number of sulfonamides is 1. The van der Waals surface area contributed by atoms with Gasteiger partial charge in [0.25, 0.3) is 0 Å². The summed E-state index contributed by atoms with van der Waals surface area (Å²) in [5.41, 5.74) is 9.16. The lowest BCUT2D eigenvalue weighted by Crippen LogP contribution is -2.38. The Morgan fingerprint density at radius 2 is 1.89 bits per heavy atom. The van der Waals surface area contributed by atoms with Gasteiger partial charge in [0.1, 0.15) is 6.04 Å². The molecule has 9 heteroatoms. The summed E-state index contributed by atoms with van der Waals surface area (Å²) in [6.07, 6.45) is 0.246. The Kier molecular flexibility index (Phi) is 5.65. The van der Waals surface area contributed by atoms with Crippen molar-refractivity contribution in [1.82, 2.24) is 9.29 Å². The highest BCUT2D eigenvalue weighted by atomic mass is 32.2. The lowest BCUT2D eigenvalue weighted by molar-refractivity contribution is 0.528. The first-order valence-corrected chi connectivity index (χ1v) is 10.3. The van der Waals surface area contributed by atoms with Crippen molar-refractivity contribution in [3.63, 3.8) is 0 Å². The van der Waals surface area contributed by atoms with Gasteiger partial charge in [-0.15, -0.1) is 0 Å². The second-order valence-corrected chi connectivity index (χ2v) is 8.29. The molecular weight excluding hydrogens is 380 g/mol. The Labute approximate surface area is 162 Å². The fraction of sp³-hybridized carbons (Fsp3) is 0.263. The van der Waals surface area contributed by atoms with Gasteiger partial charge < -0.3 is 10.2 Å². The minimum Gasteiger partial charge on any atom is -0.408 e. The molecule has 0 spiro atoms. The summed E-state index contributed by atoms with van der Waals surface area (Å²) in [7, 11) is -1.92. The zero-order valence-corrected chi connectivity index (χ0v) is 16.1. The monoisotopic (exact) mass is 400 g/mol. The summed E-state index contributed by atoms with van der Waals surface area (Å²) in [4.78, 5) is 11.6. The van der Waals surface area contributed by atoms with E-state index < -0.39 is 21.8 Å². The Bertz CT molecular complexity index is 1190. The quantitative estimate of drug-likeness (QED) is 0.611. The van der Waals surface area contributed by atoms with Gasteiger partial charge in [-0.2, -0.15) is 9.98 Å². The van der Waals surface area contributed by atoms with Crippen LogP contribution in [0.25, 0.3) is 22.2 Å². The van der Waals surface area contributed by atoms with E-state index >= 15 is 0 Å². The first-order chi connectivity index (χ1) is 13.3. The molecule has 1 unspecified atom stereocenters. The number of oxazole rings is 1. The maximum atomic E-state index is 11.8. The van der Waals surface area contributed by atoms with Crippen molar-refractivity contribution < 1.29 is 12.8 Å². The van der Waals surface area contributed by atoms with E-state index in [1.807, 2.05) is 42.5 Å². The molecule has 0 amide bonds. The molecule has 0 saturated heterocycles. The number of nitrogens with one attached hydrogen (secondary N) is 1. The van der Waals surface area contributed by atoms with E-state index in [1.165, 1.54) is 4.57 Å². The molecule has 0 aliphatic carbocycles. The molecule has 2 aromatic carbocycles.